The highest BCUT2D eigenvalue weighted by Gasteiger charge is 2.17. The molecule has 1 N–H and O–H groups in total. The van der Waals surface area contributed by atoms with Crippen LogP contribution >= 0.6 is 0 Å². The van der Waals surface area contributed by atoms with Gasteiger partial charge >= 0.3 is 5.63 Å². The van der Waals surface area contributed by atoms with Gasteiger partial charge in [-0.15, -0.1) is 0 Å². The van der Waals surface area contributed by atoms with Crippen LogP contribution in [-0.4, -0.2) is 12.2 Å². The molecule has 0 atom stereocenters. The van der Waals surface area contributed by atoms with Crippen molar-refractivity contribution < 1.29 is 14.3 Å². The van der Waals surface area contributed by atoms with Gasteiger partial charge in [0.15, 0.2) is 0 Å². The lowest BCUT2D eigenvalue weighted by molar-refractivity contribution is 0.185. The molecular formula is C17H14O4. The summed E-state index contributed by atoms with van der Waals surface area (Å²) in [5, 5.41) is 11.0. The van der Waals surface area contributed by atoms with Gasteiger partial charge in [0.2, 0.25) is 0 Å². The van der Waals surface area contributed by atoms with Crippen LogP contribution < -0.4 is 5.63 Å². The topological polar surface area (TPSA) is 59.7 Å². The molecule has 0 radical (unpaired) electrons. The minimum absolute atomic E-state index is 0.0644. The quantitative estimate of drug-likeness (QED) is 0.749. The van der Waals surface area contributed by atoms with Crippen LogP contribution in [0.25, 0.3) is 22.1 Å². The Labute approximate surface area is 121 Å². The molecule has 1 aromatic heterocycles. The van der Waals surface area contributed by atoms with E-state index in [1.54, 1.807) is 37.4 Å². The van der Waals surface area contributed by atoms with Crippen LogP contribution in [-0.2, 0) is 11.3 Å². The minimum atomic E-state index is -0.560. The van der Waals surface area contributed by atoms with Gasteiger partial charge in [-0.05, 0) is 23.3 Å². The van der Waals surface area contributed by atoms with E-state index < -0.39 is 5.63 Å². The third-order valence-corrected chi connectivity index (χ3v) is 3.37. The standard InChI is InChI=1S/C17H14O4/c1-20-10-11-6-2-3-7-12(11)15-16(18)13-8-4-5-9-14(13)21-17(15)19/h2-9,18H,10H2,1H3. The molecule has 1 heterocycles. The van der Waals surface area contributed by atoms with E-state index in [1.165, 1.54) is 0 Å². The van der Waals surface area contributed by atoms with E-state index in [4.69, 9.17) is 9.15 Å². The van der Waals surface area contributed by atoms with Gasteiger partial charge in [-0.3, -0.25) is 0 Å². The molecule has 4 heteroatoms. The van der Waals surface area contributed by atoms with Gasteiger partial charge in [-0.25, -0.2) is 4.79 Å². The Morgan fingerprint density at radius 1 is 1.10 bits per heavy atom. The summed E-state index contributed by atoms with van der Waals surface area (Å²) in [5.74, 6) is -0.0644. The van der Waals surface area contributed by atoms with E-state index in [0.717, 1.165) is 5.56 Å². The first-order valence-corrected chi connectivity index (χ1v) is 6.54. The average Bonchev–Trinajstić information content (AvgIpc) is 2.49. The second kappa shape index (κ2) is 5.42. The first-order chi connectivity index (χ1) is 10.2. The molecule has 3 aromatic rings. The Kier molecular flexibility index (Phi) is 3.46. The Bertz CT molecular complexity index is 849. The van der Waals surface area contributed by atoms with E-state index in [9.17, 15) is 9.90 Å². The highest BCUT2D eigenvalue weighted by molar-refractivity contribution is 5.90. The second-order valence-corrected chi connectivity index (χ2v) is 4.70. The van der Waals surface area contributed by atoms with Crippen molar-refractivity contribution in [1.29, 1.82) is 0 Å². The molecule has 0 spiro atoms. The van der Waals surface area contributed by atoms with E-state index >= 15 is 0 Å². The Hall–Kier alpha value is -2.59. The number of methoxy groups -OCH3 is 1. The van der Waals surface area contributed by atoms with Gasteiger partial charge in [0.25, 0.3) is 0 Å². The van der Waals surface area contributed by atoms with E-state index in [2.05, 4.69) is 0 Å². The van der Waals surface area contributed by atoms with Crippen LogP contribution in [0, 0.1) is 0 Å². The molecule has 0 saturated carbocycles. The Balaban J connectivity index is 2.33. The zero-order chi connectivity index (χ0) is 14.8. The molecule has 0 fully saturated rings. The molecule has 0 aliphatic rings. The van der Waals surface area contributed by atoms with Gasteiger partial charge in [-0.2, -0.15) is 0 Å². The molecule has 21 heavy (non-hydrogen) atoms. The average molecular weight is 282 g/mol. The lowest BCUT2D eigenvalue weighted by Gasteiger charge is -2.10. The van der Waals surface area contributed by atoms with Crippen molar-refractivity contribution in [3.05, 3.63) is 64.5 Å². The fourth-order valence-corrected chi connectivity index (χ4v) is 2.42. The predicted molar refractivity (Wildman–Crippen MR) is 80.3 cm³/mol. The summed E-state index contributed by atoms with van der Waals surface area (Å²) in [5.41, 5.74) is 1.42. The fourth-order valence-electron chi connectivity index (χ4n) is 2.42. The van der Waals surface area contributed by atoms with Crippen molar-refractivity contribution in [3.8, 4) is 16.9 Å². The number of rotatable bonds is 3. The summed E-state index contributed by atoms with van der Waals surface area (Å²) in [6, 6.07) is 14.2. The zero-order valence-corrected chi connectivity index (χ0v) is 11.5. The molecule has 0 unspecified atom stereocenters. The van der Waals surface area contributed by atoms with Gasteiger partial charge in [0, 0.05) is 7.11 Å². The summed E-state index contributed by atoms with van der Waals surface area (Å²) >= 11 is 0. The van der Waals surface area contributed by atoms with E-state index in [-0.39, 0.29) is 11.3 Å². The monoisotopic (exact) mass is 282 g/mol. The van der Waals surface area contributed by atoms with Crippen LogP contribution in [0.3, 0.4) is 0 Å². The Morgan fingerprint density at radius 2 is 1.81 bits per heavy atom. The van der Waals surface area contributed by atoms with Gasteiger partial charge in [0.05, 0.1) is 12.0 Å². The van der Waals surface area contributed by atoms with Gasteiger partial charge in [0.1, 0.15) is 16.9 Å². The molecule has 4 nitrogen and oxygen atoms in total. The summed E-state index contributed by atoms with van der Waals surface area (Å²) in [6.45, 7) is 0.349. The summed E-state index contributed by atoms with van der Waals surface area (Å²) in [4.78, 5) is 12.2. The molecule has 2 aromatic carbocycles. The first kappa shape index (κ1) is 13.4. The molecule has 0 saturated heterocycles. The number of ether oxygens (including phenoxy) is 1. The summed E-state index contributed by atoms with van der Waals surface area (Å²) in [6.07, 6.45) is 0. The van der Waals surface area contributed by atoms with E-state index in [0.29, 0.717) is 23.1 Å². The highest BCUT2D eigenvalue weighted by atomic mass is 16.5. The van der Waals surface area contributed by atoms with Crippen LogP contribution in [0.15, 0.2) is 57.7 Å². The van der Waals surface area contributed by atoms with Crippen molar-refractivity contribution in [2.24, 2.45) is 0 Å². The Morgan fingerprint density at radius 3 is 2.62 bits per heavy atom. The van der Waals surface area contributed by atoms with Crippen LogP contribution in [0.2, 0.25) is 0 Å². The number of para-hydroxylation sites is 1. The van der Waals surface area contributed by atoms with Crippen molar-refractivity contribution in [1.82, 2.24) is 0 Å². The molecule has 0 aliphatic heterocycles. The van der Waals surface area contributed by atoms with Crippen molar-refractivity contribution in [2.75, 3.05) is 7.11 Å². The first-order valence-electron chi connectivity index (χ1n) is 6.54. The SMILES string of the molecule is COCc1ccccc1-c1c(O)c2ccccc2oc1=O. The van der Waals surface area contributed by atoms with Crippen LogP contribution in [0.1, 0.15) is 5.56 Å². The highest BCUT2D eigenvalue weighted by Crippen LogP contribution is 2.34. The molecule has 0 aliphatic carbocycles. The molecule has 106 valence electrons. The molecule has 3 rings (SSSR count). The maximum atomic E-state index is 12.2. The third kappa shape index (κ3) is 2.30. The number of benzene rings is 2. The summed E-state index contributed by atoms with van der Waals surface area (Å²) in [7, 11) is 1.58. The maximum Gasteiger partial charge on any atom is 0.347 e. The molecule has 0 amide bonds. The zero-order valence-electron chi connectivity index (χ0n) is 11.5. The van der Waals surface area contributed by atoms with Crippen molar-refractivity contribution >= 4 is 11.0 Å². The summed E-state index contributed by atoms with van der Waals surface area (Å²) < 4.78 is 10.4. The lowest BCUT2D eigenvalue weighted by Crippen LogP contribution is -2.05. The van der Waals surface area contributed by atoms with Crippen LogP contribution in [0.5, 0.6) is 5.75 Å². The number of fused-ring (bicyclic) bond motifs is 1. The maximum absolute atomic E-state index is 12.2. The third-order valence-electron chi connectivity index (χ3n) is 3.37. The fraction of sp³-hybridized carbons (Fsp3) is 0.118. The normalized spacial score (nSPS) is 10.9. The molecule has 0 bridgehead atoms. The van der Waals surface area contributed by atoms with Crippen LogP contribution in [0.4, 0.5) is 0 Å². The lowest BCUT2D eigenvalue weighted by atomic mass is 9.99. The largest absolute Gasteiger partial charge is 0.506 e. The van der Waals surface area contributed by atoms with Gasteiger partial charge in [-0.1, -0.05) is 36.4 Å². The van der Waals surface area contributed by atoms with E-state index in [1.807, 2.05) is 18.2 Å². The van der Waals surface area contributed by atoms with Crippen molar-refractivity contribution in [2.45, 2.75) is 6.61 Å². The number of hydrogen-bond acceptors (Lipinski definition) is 4. The van der Waals surface area contributed by atoms with Gasteiger partial charge < -0.3 is 14.3 Å². The number of aromatic hydroxyl groups is 1. The molecular weight excluding hydrogens is 268 g/mol. The predicted octanol–water partition coefficient (Wildman–Crippen LogP) is 3.31. The van der Waals surface area contributed by atoms with Crippen molar-refractivity contribution in [3.63, 3.8) is 0 Å². The smallest absolute Gasteiger partial charge is 0.347 e. The number of hydrogen-bond donors (Lipinski definition) is 1. The second-order valence-electron chi connectivity index (χ2n) is 4.70. The minimum Gasteiger partial charge on any atom is -0.506 e.